The number of likely N-dealkylation sites (tertiary alicyclic amines) is 1. The van der Waals surface area contributed by atoms with Crippen LogP contribution >= 0.6 is 0 Å². The monoisotopic (exact) mass is 339 g/mol. The van der Waals surface area contributed by atoms with Crippen molar-refractivity contribution in [1.82, 2.24) is 15.1 Å². The molecule has 1 atom stereocenters. The molecule has 2 heterocycles. The van der Waals surface area contributed by atoms with Crippen LogP contribution in [-0.2, 0) is 16.8 Å². The molecule has 0 spiro atoms. The van der Waals surface area contributed by atoms with Crippen LogP contribution in [0.4, 0.5) is 13.2 Å². The van der Waals surface area contributed by atoms with Crippen molar-refractivity contribution < 1.29 is 22.4 Å². The Morgan fingerprint density at radius 2 is 2.00 bits per heavy atom. The number of hydrogen-bond donors (Lipinski definition) is 0. The largest absolute Gasteiger partial charge is 0.425 e. The number of rotatable bonds is 3. The number of amides is 1. The maximum absolute atomic E-state index is 14.0. The summed E-state index contributed by atoms with van der Waals surface area (Å²) < 4.78 is 47.2. The van der Waals surface area contributed by atoms with E-state index in [-0.39, 0.29) is 43.2 Å². The lowest BCUT2D eigenvalue weighted by Gasteiger charge is -2.40. The fraction of sp³-hybridized carbons (Fsp3) is 0.438. The summed E-state index contributed by atoms with van der Waals surface area (Å²) in [6.07, 6.45) is -4.80. The molecule has 1 fully saturated rings. The molecule has 1 aromatic carbocycles. The van der Waals surface area contributed by atoms with Crippen LogP contribution in [-0.4, -0.2) is 33.7 Å². The van der Waals surface area contributed by atoms with Crippen molar-refractivity contribution in [3.05, 3.63) is 47.7 Å². The zero-order valence-corrected chi connectivity index (χ0v) is 13.0. The van der Waals surface area contributed by atoms with Gasteiger partial charge in [0.15, 0.2) is 5.54 Å². The maximum Gasteiger partial charge on any atom is 0.415 e. The number of carbonyl (C=O) groups is 1. The Kier molecular flexibility index (Phi) is 4.06. The fourth-order valence-electron chi connectivity index (χ4n) is 3.26. The summed E-state index contributed by atoms with van der Waals surface area (Å²) in [5.41, 5.74) is -2.23. The molecule has 1 aromatic heterocycles. The molecular formula is C16H16F3N3O2. The third-order valence-corrected chi connectivity index (χ3v) is 4.27. The molecule has 8 heteroatoms. The number of nitrogens with zero attached hydrogens (tertiary/aromatic N) is 3. The van der Waals surface area contributed by atoms with Gasteiger partial charge in [0.05, 0.1) is 0 Å². The Balaban J connectivity index is 1.97. The highest BCUT2D eigenvalue weighted by molar-refractivity contribution is 5.79. The summed E-state index contributed by atoms with van der Waals surface area (Å²) in [7, 11) is 0. The summed E-state index contributed by atoms with van der Waals surface area (Å²) in [5, 5.41) is 7.29. The maximum atomic E-state index is 14.0. The first-order valence-electron chi connectivity index (χ1n) is 7.56. The van der Waals surface area contributed by atoms with E-state index >= 15 is 0 Å². The van der Waals surface area contributed by atoms with Crippen LogP contribution in [0.3, 0.4) is 0 Å². The van der Waals surface area contributed by atoms with Gasteiger partial charge in [-0.2, -0.15) is 13.2 Å². The third-order valence-electron chi connectivity index (χ3n) is 4.27. The normalized spacial score (nSPS) is 21.2. The van der Waals surface area contributed by atoms with Crippen molar-refractivity contribution in [2.24, 2.45) is 0 Å². The molecule has 0 radical (unpaired) electrons. The van der Waals surface area contributed by atoms with E-state index in [1.165, 1.54) is 12.1 Å². The first kappa shape index (κ1) is 16.5. The number of hydrogen-bond acceptors (Lipinski definition) is 4. The highest BCUT2D eigenvalue weighted by Gasteiger charge is 2.62. The average molecular weight is 339 g/mol. The lowest BCUT2D eigenvalue weighted by molar-refractivity contribution is -0.228. The smallest absolute Gasteiger partial charge is 0.415 e. The van der Waals surface area contributed by atoms with E-state index in [1.807, 2.05) is 0 Å². The Labute approximate surface area is 136 Å². The number of aryl methyl sites for hydroxylation is 1. The minimum Gasteiger partial charge on any atom is -0.425 e. The molecule has 24 heavy (non-hydrogen) atoms. The third kappa shape index (κ3) is 2.65. The molecule has 0 saturated carbocycles. The van der Waals surface area contributed by atoms with E-state index in [1.54, 1.807) is 25.1 Å². The molecule has 3 rings (SSSR count). The minimum absolute atomic E-state index is 0.0218. The number of aromatic nitrogens is 2. The van der Waals surface area contributed by atoms with Crippen molar-refractivity contribution in [1.29, 1.82) is 0 Å². The molecular weight excluding hydrogens is 323 g/mol. The molecule has 0 aliphatic carbocycles. The van der Waals surface area contributed by atoms with Crippen LogP contribution in [0, 0.1) is 6.92 Å². The van der Waals surface area contributed by atoms with E-state index in [9.17, 15) is 18.0 Å². The summed E-state index contributed by atoms with van der Waals surface area (Å²) in [6.45, 7) is 1.60. The SMILES string of the molecule is Cc1nnc(CC(=O)N2CCCC2(c2ccccc2)C(F)(F)F)o1. The number of carbonyl (C=O) groups excluding carboxylic acids is 1. The van der Waals surface area contributed by atoms with E-state index in [0.717, 1.165) is 4.90 Å². The van der Waals surface area contributed by atoms with Gasteiger partial charge in [-0.3, -0.25) is 4.79 Å². The number of alkyl halides is 3. The summed E-state index contributed by atoms with van der Waals surface area (Å²) in [5.74, 6) is -0.379. The molecule has 5 nitrogen and oxygen atoms in total. The Hall–Kier alpha value is -2.38. The predicted octanol–water partition coefficient (Wildman–Crippen LogP) is 3.00. The van der Waals surface area contributed by atoms with Crippen molar-refractivity contribution >= 4 is 5.91 Å². The van der Waals surface area contributed by atoms with Gasteiger partial charge in [0.1, 0.15) is 6.42 Å². The van der Waals surface area contributed by atoms with E-state index in [4.69, 9.17) is 4.42 Å². The van der Waals surface area contributed by atoms with Crippen LogP contribution in [0.15, 0.2) is 34.7 Å². The van der Waals surface area contributed by atoms with Gasteiger partial charge in [0, 0.05) is 13.5 Å². The second-order valence-electron chi connectivity index (χ2n) is 5.76. The lowest BCUT2D eigenvalue weighted by Crippen LogP contribution is -2.55. The van der Waals surface area contributed by atoms with Crippen LogP contribution in [0.2, 0.25) is 0 Å². The Morgan fingerprint density at radius 3 is 2.58 bits per heavy atom. The standard InChI is InChI=1S/C16H16F3N3O2/c1-11-20-21-13(24-11)10-14(23)22-9-5-8-15(22,16(17,18)19)12-6-3-2-4-7-12/h2-4,6-7H,5,8-10H2,1H3. The van der Waals surface area contributed by atoms with Gasteiger partial charge in [-0.1, -0.05) is 30.3 Å². The molecule has 1 unspecified atom stereocenters. The predicted molar refractivity (Wildman–Crippen MR) is 77.9 cm³/mol. The molecule has 1 saturated heterocycles. The first-order valence-corrected chi connectivity index (χ1v) is 7.56. The number of halogens is 3. The van der Waals surface area contributed by atoms with Crippen LogP contribution in [0.5, 0.6) is 0 Å². The van der Waals surface area contributed by atoms with Crippen molar-refractivity contribution in [2.45, 2.75) is 37.9 Å². The zero-order chi connectivity index (χ0) is 17.4. The van der Waals surface area contributed by atoms with Crippen LogP contribution in [0.25, 0.3) is 0 Å². The number of benzene rings is 1. The molecule has 1 aliphatic heterocycles. The minimum atomic E-state index is -4.58. The van der Waals surface area contributed by atoms with Crippen LogP contribution < -0.4 is 0 Å². The van der Waals surface area contributed by atoms with Gasteiger partial charge >= 0.3 is 6.18 Å². The first-order chi connectivity index (χ1) is 11.3. The molecule has 2 aromatic rings. The van der Waals surface area contributed by atoms with Gasteiger partial charge in [-0.25, -0.2) is 0 Å². The Bertz CT molecular complexity index is 730. The fourth-order valence-corrected chi connectivity index (χ4v) is 3.26. The Morgan fingerprint density at radius 1 is 1.29 bits per heavy atom. The van der Waals surface area contributed by atoms with Gasteiger partial charge in [-0.15, -0.1) is 10.2 Å². The lowest BCUT2D eigenvalue weighted by atomic mass is 9.86. The van der Waals surface area contributed by atoms with Gasteiger partial charge in [0.25, 0.3) is 0 Å². The van der Waals surface area contributed by atoms with E-state index < -0.39 is 17.6 Å². The molecule has 0 N–H and O–H groups in total. The summed E-state index contributed by atoms with van der Waals surface area (Å²) >= 11 is 0. The zero-order valence-electron chi connectivity index (χ0n) is 13.0. The second-order valence-corrected chi connectivity index (χ2v) is 5.76. The molecule has 128 valence electrons. The highest BCUT2D eigenvalue weighted by atomic mass is 19.4. The topological polar surface area (TPSA) is 59.2 Å². The molecule has 1 amide bonds. The van der Waals surface area contributed by atoms with Crippen molar-refractivity contribution in [3.63, 3.8) is 0 Å². The van der Waals surface area contributed by atoms with E-state index in [2.05, 4.69) is 10.2 Å². The van der Waals surface area contributed by atoms with Crippen molar-refractivity contribution in [2.75, 3.05) is 6.54 Å². The van der Waals surface area contributed by atoms with Gasteiger partial charge in [-0.05, 0) is 18.4 Å². The van der Waals surface area contributed by atoms with Gasteiger partial charge < -0.3 is 9.32 Å². The van der Waals surface area contributed by atoms with Crippen LogP contribution in [0.1, 0.15) is 30.2 Å². The highest BCUT2D eigenvalue weighted by Crippen LogP contribution is 2.50. The van der Waals surface area contributed by atoms with Gasteiger partial charge in [0.2, 0.25) is 17.7 Å². The van der Waals surface area contributed by atoms with E-state index in [0.29, 0.717) is 0 Å². The summed E-state index contributed by atoms with van der Waals surface area (Å²) in [6, 6.07) is 7.57. The summed E-state index contributed by atoms with van der Waals surface area (Å²) in [4.78, 5) is 13.5. The molecule has 1 aliphatic rings. The average Bonchev–Trinajstić information content (AvgIpc) is 3.14. The molecule has 0 bridgehead atoms. The van der Waals surface area contributed by atoms with Crippen molar-refractivity contribution in [3.8, 4) is 0 Å². The second kappa shape index (κ2) is 5.92. The quantitative estimate of drug-likeness (QED) is 0.862.